The van der Waals surface area contributed by atoms with Gasteiger partial charge in [0.15, 0.2) is 0 Å². The van der Waals surface area contributed by atoms with Crippen LogP contribution in [0.5, 0.6) is 0 Å². The Kier molecular flexibility index (Phi) is 5.11. The van der Waals surface area contributed by atoms with E-state index in [4.69, 9.17) is 4.84 Å². The summed E-state index contributed by atoms with van der Waals surface area (Å²) in [7, 11) is 0. The minimum absolute atomic E-state index is 0.165. The zero-order valence-corrected chi connectivity index (χ0v) is 11.7. The van der Waals surface area contributed by atoms with Crippen molar-refractivity contribution in [3.05, 3.63) is 73.9 Å². The number of nitro groups is 2. The maximum absolute atomic E-state index is 11.0. The Morgan fingerprint density at radius 2 is 1.83 bits per heavy atom. The van der Waals surface area contributed by atoms with Crippen molar-refractivity contribution in [3.8, 4) is 0 Å². The minimum Gasteiger partial charge on any atom is -0.296 e. The van der Waals surface area contributed by atoms with Crippen LogP contribution >= 0.6 is 0 Å². The minimum atomic E-state index is -0.717. The largest absolute Gasteiger partial charge is 0.296 e. The third-order valence-corrected chi connectivity index (χ3v) is 3.09. The molecule has 1 N–H and O–H groups in total. The summed E-state index contributed by atoms with van der Waals surface area (Å²) in [6.07, 6.45) is 6.47. The first kappa shape index (κ1) is 16.2. The first-order valence-corrected chi connectivity index (χ1v) is 6.42. The maximum atomic E-state index is 11.0. The van der Waals surface area contributed by atoms with Crippen LogP contribution in [-0.2, 0) is 16.2 Å². The van der Waals surface area contributed by atoms with Crippen molar-refractivity contribution in [1.82, 2.24) is 5.48 Å². The number of nitrogens with one attached hydrogen (secondary N) is 1. The molecule has 0 spiro atoms. The number of nitro benzene ring substituents is 2. The molecule has 1 aliphatic carbocycles. The van der Waals surface area contributed by atoms with Crippen LogP contribution in [-0.4, -0.2) is 21.8 Å². The molecule has 1 aliphatic rings. The highest BCUT2D eigenvalue weighted by Crippen LogP contribution is 2.28. The zero-order chi connectivity index (χ0) is 16.8. The first-order chi connectivity index (χ1) is 11.0. The first-order valence-electron chi connectivity index (χ1n) is 6.42. The lowest BCUT2D eigenvalue weighted by Crippen LogP contribution is -2.30. The summed E-state index contributed by atoms with van der Waals surface area (Å²) >= 11 is 0. The summed E-state index contributed by atoms with van der Waals surface area (Å²) in [6.45, 7) is -0.409. The highest BCUT2D eigenvalue weighted by molar-refractivity contribution is 5.62. The predicted octanol–water partition coefficient (Wildman–Crippen LogP) is 1.78. The van der Waals surface area contributed by atoms with Crippen LogP contribution in [0.15, 0.2) is 48.1 Å². The average molecular weight is 317 g/mol. The Hall–Kier alpha value is -3.13. The monoisotopic (exact) mass is 317 g/mol. The third kappa shape index (κ3) is 3.74. The topological polar surface area (TPSA) is 125 Å². The number of allylic oxidation sites excluding steroid dienone is 2. The fraction of sp³-hybridized carbons (Fsp3) is 0.143. The summed E-state index contributed by atoms with van der Waals surface area (Å²) < 4.78 is 0. The van der Waals surface area contributed by atoms with Crippen molar-refractivity contribution in [1.29, 1.82) is 0 Å². The van der Waals surface area contributed by atoms with Crippen LogP contribution in [0.4, 0.5) is 11.4 Å². The van der Waals surface area contributed by atoms with Gasteiger partial charge >= 0.3 is 0 Å². The fourth-order valence-electron chi connectivity index (χ4n) is 2.00. The second-order valence-corrected chi connectivity index (χ2v) is 4.47. The van der Waals surface area contributed by atoms with Crippen LogP contribution < -0.4 is 5.48 Å². The summed E-state index contributed by atoms with van der Waals surface area (Å²) in [5.41, 5.74) is 1.82. The molecule has 1 aromatic carbocycles. The van der Waals surface area contributed by atoms with Crippen molar-refractivity contribution < 1.29 is 19.5 Å². The van der Waals surface area contributed by atoms with Crippen molar-refractivity contribution in [3.63, 3.8) is 0 Å². The van der Waals surface area contributed by atoms with Crippen LogP contribution in [0.25, 0.3) is 0 Å². The maximum Gasteiger partial charge on any atom is 0.281 e. The van der Waals surface area contributed by atoms with Crippen molar-refractivity contribution in [2.75, 3.05) is 0 Å². The standard InChI is InChI=1S/C14H11N3O6/c18-8-10-4-1-2-5-12(10)15-23-9-11-13(16(19)20)6-3-7-14(11)17(21)22/h1-7,12,15H,9H2. The number of hydrogen-bond acceptors (Lipinski definition) is 7. The van der Waals surface area contributed by atoms with Gasteiger partial charge in [-0.05, 0) is 12.1 Å². The van der Waals surface area contributed by atoms with Crippen LogP contribution in [0.2, 0.25) is 0 Å². The summed E-state index contributed by atoms with van der Waals surface area (Å²) in [5, 5.41) is 22.0. The Balaban J connectivity index is 2.15. The molecule has 0 heterocycles. The lowest BCUT2D eigenvalue weighted by molar-refractivity contribution is -0.396. The molecule has 118 valence electrons. The molecule has 2 rings (SSSR count). The molecule has 0 fully saturated rings. The molecule has 0 radical (unpaired) electrons. The third-order valence-electron chi connectivity index (χ3n) is 3.09. The second-order valence-electron chi connectivity index (χ2n) is 4.47. The van der Waals surface area contributed by atoms with Crippen molar-refractivity contribution in [2.24, 2.45) is 0 Å². The normalized spacial score (nSPS) is 16.2. The highest BCUT2D eigenvalue weighted by Gasteiger charge is 2.25. The molecular formula is C14H11N3O6. The predicted molar refractivity (Wildman–Crippen MR) is 79.0 cm³/mol. The summed E-state index contributed by atoms with van der Waals surface area (Å²) in [6, 6.07) is 2.96. The smallest absolute Gasteiger partial charge is 0.281 e. The van der Waals surface area contributed by atoms with Gasteiger partial charge in [-0.25, -0.2) is 4.79 Å². The van der Waals surface area contributed by atoms with Crippen molar-refractivity contribution in [2.45, 2.75) is 12.6 Å². The molecule has 23 heavy (non-hydrogen) atoms. The van der Waals surface area contributed by atoms with E-state index in [2.05, 4.69) is 5.48 Å². The molecule has 1 atom stereocenters. The average Bonchev–Trinajstić information content (AvgIpc) is 2.55. The number of carbonyl (C=O) groups excluding carboxylic acids is 1. The van der Waals surface area contributed by atoms with Gasteiger partial charge in [0.05, 0.1) is 21.5 Å². The van der Waals surface area contributed by atoms with Gasteiger partial charge in [-0.2, -0.15) is 5.48 Å². The van der Waals surface area contributed by atoms with Gasteiger partial charge in [-0.1, -0.05) is 18.2 Å². The van der Waals surface area contributed by atoms with E-state index in [-0.39, 0.29) is 11.1 Å². The molecule has 0 aliphatic heterocycles. The molecule has 0 bridgehead atoms. The number of benzene rings is 1. The molecule has 0 aromatic heterocycles. The van der Waals surface area contributed by atoms with E-state index in [1.807, 2.05) is 0 Å². The SMILES string of the molecule is O=C=C1C=CC=CC1NOCc1c([N+](=O)[O-])cccc1[N+](=O)[O-]. The van der Waals surface area contributed by atoms with Gasteiger partial charge in [0.25, 0.3) is 11.4 Å². The van der Waals surface area contributed by atoms with Crippen LogP contribution in [0.1, 0.15) is 5.56 Å². The molecule has 9 heteroatoms. The van der Waals surface area contributed by atoms with Gasteiger partial charge in [0.2, 0.25) is 0 Å². The lowest BCUT2D eigenvalue weighted by atomic mass is 10.1. The van der Waals surface area contributed by atoms with Gasteiger partial charge < -0.3 is 0 Å². The molecule has 0 amide bonds. The summed E-state index contributed by atoms with van der Waals surface area (Å²) in [5.74, 6) is 1.73. The number of hydrogen-bond donors (Lipinski definition) is 1. The molecule has 9 nitrogen and oxygen atoms in total. The van der Waals surface area contributed by atoms with E-state index in [1.165, 1.54) is 12.1 Å². The van der Waals surface area contributed by atoms with E-state index in [9.17, 15) is 25.0 Å². The van der Waals surface area contributed by atoms with Crippen molar-refractivity contribution >= 4 is 17.3 Å². The Morgan fingerprint density at radius 1 is 1.17 bits per heavy atom. The van der Waals surface area contributed by atoms with E-state index in [0.29, 0.717) is 0 Å². The summed E-state index contributed by atoms with van der Waals surface area (Å²) in [4.78, 5) is 36.4. The van der Waals surface area contributed by atoms with Gasteiger partial charge in [-0.15, -0.1) is 0 Å². The van der Waals surface area contributed by atoms with Gasteiger partial charge in [-0.3, -0.25) is 25.1 Å². The number of nitrogens with zero attached hydrogens (tertiary/aromatic N) is 2. The highest BCUT2D eigenvalue weighted by atomic mass is 16.7. The molecule has 0 saturated heterocycles. The van der Waals surface area contributed by atoms with Gasteiger partial charge in [0, 0.05) is 12.1 Å². The second kappa shape index (κ2) is 7.23. The lowest BCUT2D eigenvalue weighted by Gasteiger charge is -2.15. The van der Waals surface area contributed by atoms with E-state index in [0.717, 1.165) is 12.1 Å². The molecular weight excluding hydrogens is 306 g/mol. The number of rotatable bonds is 6. The number of hydroxylamine groups is 1. The Morgan fingerprint density at radius 3 is 2.39 bits per heavy atom. The van der Waals surface area contributed by atoms with E-state index < -0.39 is 33.9 Å². The van der Waals surface area contributed by atoms with Gasteiger partial charge in [0.1, 0.15) is 18.1 Å². The quantitative estimate of drug-likeness (QED) is 0.481. The van der Waals surface area contributed by atoms with E-state index in [1.54, 1.807) is 24.2 Å². The van der Waals surface area contributed by atoms with E-state index >= 15 is 0 Å². The Labute approximate surface area is 129 Å². The molecule has 1 unspecified atom stereocenters. The van der Waals surface area contributed by atoms with Crippen LogP contribution in [0.3, 0.4) is 0 Å². The molecule has 1 aromatic rings. The Bertz CT molecular complexity index is 717. The van der Waals surface area contributed by atoms with Crippen LogP contribution in [0, 0.1) is 20.2 Å². The fourth-order valence-corrected chi connectivity index (χ4v) is 2.00. The zero-order valence-electron chi connectivity index (χ0n) is 11.7. The molecule has 0 saturated carbocycles.